The zero-order valence-electron chi connectivity index (χ0n) is 11.7. The molecule has 0 radical (unpaired) electrons. The van der Waals surface area contributed by atoms with Crippen LogP contribution in [0.5, 0.6) is 0 Å². The number of carboxylic acids is 1. The van der Waals surface area contributed by atoms with Crippen molar-refractivity contribution in [3.05, 3.63) is 0 Å². The van der Waals surface area contributed by atoms with Gasteiger partial charge in [0.05, 0.1) is 13.0 Å². The lowest BCUT2D eigenvalue weighted by Crippen LogP contribution is -2.53. The number of urea groups is 1. The van der Waals surface area contributed by atoms with Gasteiger partial charge in [0.25, 0.3) is 0 Å². The zero-order chi connectivity index (χ0) is 14.5. The highest BCUT2D eigenvalue weighted by Crippen LogP contribution is 2.28. The van der Waals surface area contributed by atoms with Crippen molar-refractivity contribution in [1.29, 1.82) is 0 Å². The number of amides is 2. The van der Waals surface area contributed by atoms with Crippen LogP contribution in [0.3, 0.4) is 0 Å². The van der Waals surface area contributed by atoms with E-state index in [0.29, 0.717) is 26.2 Å². The Morgan fingerprint density at radius 2 is 1.80 bits per heavy atom. The van der Waals surface area contributed by atoms with E-state index >= 15 is 0 Å². The second-order valence-electron chi connectivity index (χ2n) is 5.40. The van der Waals surface area contributed by atoms with Crippen LogP contribution < -0.4 is 0 Å². The Kier molecular flexibility index (Phi) is 5.19. The van der Waals surface area contributed by atoms with Crippen LogP contribution in [0.25, 0.3) is 0 Å². The van der Waals surface area contributed by atoms with Crippen LogP contribution in [0.2, 0.25) is 0 Å². The molecule has 2 amide bonds. The topological polar surface area (TPSA) is 84.3 Å². The lowest BCUT2D eigenvalue weighted by molar-refractivity contribution is -0.137. The highest BCUT2D eigenvalue weighted by atomic mass is 16.4. The number of carbonyl (C=O) groups is 2. The number of nitrogens with zero attached hydrogens (tertiary/aromatic N) is 3. The van der Waals surface area contributed by atoms with E-state index in [1.807, 2.05) is 0 Å². The number of hydrogen-bond acceptors (Lipinski definition) is 4. The highest BCUT2D eigenvalue weighted by molar-refractivity contribution is 5.76. The molecule has 114 valence electrons. The summed E-state index contributed by atoms with van der Waals surface area (Å²) in [5.74, 6) is -0.865. The third kappa shape index (κ3) is 4.08. The molecule has 20 heavy (non-hydrogen) atoms. The summed E-state index contributed by atoms with van der Waals surface area (Å²) in [4.78, 5) is 28.8. The minimum absolute atomic E-state index is 0.00666. The van der Waals surface area contributed by atoms with E-state index in [4.69, 9.17) is 10.2 Å². The Labute approximate surface area is 118 Å². The van der Waals surface area contributed by atoms with Crippen molar-refractivity contribution in [2.24, 2.45) is 0 Å². The summed E-state index contributed by atoms with van der Waals surface area (Å²) in [5.41, 5.74) is 0. The van der Waals surface area contributed by atoms with Gasteiger partial charge in [-0.05, 0) is 12.8 Å². The molecule has 2 N–H and O–H groups in total. The second-order valence-corrected chi connectivity index (χ2v) is 5.40. The molecule has 0 bridgehead atoms. The SMILES string of the molecule is O=C(O)CCN(C(=O)N1CCN(CCO)CC1)C1CC1. The van der Waals surface area contributed by atoms with E-state index in [1.165, 1.54) is 0 Å². The van der Waals surface area contributed by atoms with Crippen molar-refractivity contribution in [1.82, 2.24) is 14.7 Å². The molecule has 7 nitrogen and oxygen atoms in total. The molecule has 1 saturated carbocycles. The van der Waals surface area contributed by atoms with Gasteiger partial charge in [-0.3, -0.25) is 9.69 Å². The standard InChI is InChI=1S/C13H23N3O4/c17-10-9-14-5-7-15(8-6-14)13(20)16(11-1-2-11)4-3-12(18)19/h11,17H,1-10H2,(H,18,19). The molecule has 0 aromatic rings. The van der Waals surface area contributed by atoms with Gasteiger partial charge < -0.3 is 20.0 Å². The molecular formula is C13H23N3O4. The van der Waals surface area contributed by atoms with Gasteiger partial charge in [-0.25, -0.2) is 4.79 Å². The molecule has 7 heteroatoms. The average Bonchev–Trinajstić information content (AvgIpc) is 3.24. The van der Waals surface area contributed by atoms with E-state index in [1.54, 1.807) is 9.80 Å². The molecule has 1 aliphatic heterocycles. The molecule has 0 atom stereocenters. The predicted octanol–water partition coefficient (Wildman–Crippen LogP) is -0.345. The number of rotatable bonds is 6. The van der Waals surface area contributed by atoms with Crippen LogP contribution >= 0.6 is 0 Å². The van der Waals surface area contributed by atoms with Gasteiger partial charge >= 0.3 is 12.0 Å². The average molecular weight is 285 g/mol. The quantitative estimate of drug-likeness (QED) is 0.697. The number of aliphatic hydroxyl groups is 1. The third-order valence-electron chi connectivity index (χ3n) is 3.86. The molecule has 0 aromatic carbocycles. The van der Waals surface area contributed by atoms with Gasteiger partial charge in [-0.1, -0.05) is 0 Å². The van der Waals surface area contributed by atoms with Crippen molar-refractivity contribution < 1.29 is 19.8 Å². The highest BCUT2D eigenvalue weighted by Gasteiger charge is 2.35. The summed E-state index contributed by atoms with van der Waals surface area (Å²) >= 11 is 0. The summed E-state index contributed by atoms with van der Waals surface area (Å²) in [5, 5.41) is 17.7. The maximum absolute atomic E-state index is 12.4. The molecular weight excluding hydrogens is 262 g/mol. The van der Waals surface area contributed by atoms with Gasteiger partial charge in [-0.15, -0.1) is 0 Å². The summed E-state index contributed by atoms with van der Waals surface area (Å²) in [6.07, 6.45) is 1.97. The summed E-state index contributed by atoms with van der Waals surface area (Å²) < 4.78 is 0. The fourth-order valence-electron chi connectivity index (χ4n) is 2.52. The van der Waals surface area contributed by atoms with Crippen LogP contribution in [-0.4, -0.2) is 88.8 Å². The summed E-state index contributed by atoms with van der Waals surface area (Å²) in [6.45, 7) is 3.92. The van der Waals surface area contributed by atoms with E-state index in [9.17, 15) is 9.59 Å². The van der Waals surface area contributed by atoms with E-state index in [0.717, 1.165) is 25.9 Å². The number of hydrogen-bond donors (Lipinski definition) is 2. The Morgan fingerprint density at radius 3 is 2.30 bits per heavy atom. The molecule has 0 unspecified atom stereocenters. The van der Waals surface area contributed by atoms with Gasteiger partial charge in [0.15, 0.2) is 0 Å². The van der Waals surface area contributed by atoms with Gasteiger partial charge in [-0.2, -0.15) is 0 Å². The maximum Gasteiger partial charge on any atom is 0.320 e. The zero-order valence-corrected chi connectivity index (χ0v) is 11.7. The summed E-state index contributed by atoms with van der Waals surface area (Å²) in [6, 6.07) is 0.203. The first-order valence-electron chi connectivity index (χ1n) is 7.22. The Bertz CT molecular complexity index is 352. The Hall–Kier alpha value is -1.34. The van der Waals surface area contributed by atoms with Crippen molar-refractivity contribution in [2.75, 3.05) is 45.9 Å². The normalized spacial score (nSPS) is 19.9. The van der Waals surface area contributed by atoms with E-state index < -0.39 is 5.97 Å². The first-order valence-corrected chi connectivity index (χ1v) is 7.22. The Morgan fingerprint density at radius 1 is 1.15 bits per heavy atom. The van der Waals surface area contributed by atoms with Crippen LogP contribution in [-0.2, 0) is 4.79 Å². The number of aliphatic hydroxyl groups excluding tert-OH is 1. The van der Waals surface area contributed by atoms with Crippen LogP contribution in [0.4, 0.5) is 4.79 Å². The molecule has 0 spiro atoms. The smallest absolute Gasteiger partial charge is 0.320 e. The van der Waals surface area contributed by atoms with Crippen molar-refractivity contribution in [2.45, 2.75) is 25.3 Å². The minimum atomic E-state index is -0.865. The van der Waals surface area contributed by atoms with E-state index in [2.05, 4.69) is 4.90 Å². The minimum Gasteiger partial charge on any atom is -0.481 e. The number of carboxylic acid groups (broad SMARTS) is 1. The number of aliphatic carboxylic acids is 1. The Balaban J connectivity index is 1.83. The van der Waals surface area contributed by atoms with E-state index in [-0.39, 0.29) is 25.1 Å². The summed E-state index contributed by atoms with van der Waals surface area (Å²) in [7, 11) is 0. The second kappa shape index (κ2) is 6.90. The van der Waals surface area contributed by atoms with Crippen molar-refractivity contribution in [3.63, 3.8) is 0 Å². The van der Waals surface area contributed by atoms with Crippen molar-refractivity contribution >= 4 is 12.0 Å². The first-order chi connectivity index (χ1) is 9.61. The molecule has 0 aromatic heterocycles. The molecule has 1 heterocycles. The van der Waals surface area contributed by atoms with Gasteiger partial charge in [0.2, 0.25) is 0 Å². The van der Waals surface area contributed by atoms with Crippen LogP contribution in [0.15, 0.2) is 0 Å². The lowest BCUT2D eigenvalue weighted by Gasteiger charge is -2.37. The lowest BCUT2D eigenvalue weighted by atomic mass is 10.3. The van der Waals surface area contributed by atoms with Crippen molar-refractivity contribution in [3.8, 4) is 0 Å². The fraction of sp³-hybridized carbons (Fsp3) is 0.846. The predicted molar refractivity (Wildman–Crippen MR) is 72.5 cm³/mol. The molecule has 1 saturated heterocycles. The number of carbonyl (C=O) groups excluding carboxylic acids is 1. The van der Waals surface area contributed by atoms with Crippen LogP contribution in [0.1, 0.15) is 19.3 Å². The number of piperazine rings is 1. The fourth-order valence-corrected chi connectivity index (χ4v) is 2.52. The third-order valence-corrected chi connectivity index (χ3v) is 3.86. The first kappa shape index (κ1) is 15.1. The van der Waals surface area contributed by atoms with Crippen LogP contribution in [0, 0.1) is 0 Å². The number of β-amino-alcohol motifs (C(OH)–C–C–N with tert-alkyl or cyclic N) is 1. The molecule has 2 rings (SSSR count). The van der Waals surface area contributed by atoms with Gasteiger partial charge in [0.1, 0.15) is 0 Å². The molecule has 1 aliphatic carbocycles. The molecule has 2 aliphatic rings. The largest absolute Gasteiger partial charge is 0.481 e. The maximum atomic E-state index is 12.4. The van der Waals surface area contributed by atoms with Gasteiger partial charge in [0, 0.05) is 45.3 Å². The molecule has 2 fully saturated rings. The monoisotopic (exact) mass is 285 g/mol.